The molecular weight excluding hydrogens is 360 g/mol. The fourth-order valence-electron chi connectivity index (χ4n) is 2.48. The standard InChI is InChI=1S/C20H18N4O2S/c1-13-19(15-5-9-17(26-2)10-6-15)24-20(27-13)23-18(25)12-22-16-7-3-14(11-21)4-8-16/h3-10,22H,12H2,1-2H3,(H,23,24,25). The number of nitrogens with one attached hydrogen (secondary N) is 2. The van der Waals surface area contributed by atoms with Gasteiger partial charge in [0.25, 0.3) is 0 Å². The van der Waals surface area contributed by atoms with E-state index in [-0.39, 0.29) is 12.5 Å². The van der Waals surface area contributed by atoms with Crippen LogP contribution in [-0.4, -0.2) is 24.5 Å². The Morgan fingerprint density at radius 2 is 1.89 bits per heavy atom. The summed E-state index contributed by atoms with van der Waals surface area (Å²) in [6, 6.07) is 16.6. The quantitative estimate of drug-likeness (QED) is 0.676. The normalized spacial score (nSPS) is 10.1. The maximum atomic E-state index is 12.2. The number of thiazole rings is 1. The van der Waals surface area contributed by atoms with Gasteiger partial charge in [0.05, 0.1) is 31.0 Å². The summed E-state index contributed by atoms with van der Waals surface area (Å²) in [5.74, 6) is 0.600. The molecule has 0 fully saturated rings. The second kappa shape index (κ2) is 8.34. The number of carbonyl (C=O) groups is 1. The van der Waals surface area contributed by atoms with Crippen LogP contribution in [0.5, 0.6) is 5.75 Å². The van der Waals surface area contributed by atoms with Crippen molar-refractivity contribution in [1.29, 1.82) is 5.26 Å². The molecule has 2 aromatic carbocycles. The van der Waals surface area contributed by atoms with Gasteiger partial charge < -0.3 is 15.4 Å². The van der Waals surface area contributed by atoms with E-state index in [0.717, 1.165) is 27.6 Å². The minimum absolute atomic E-state index is 0.113. The van der Waals surface area contributed by atoms with Gasteiger partial charge in [0.2, 0.25) is 5.91 Å². The fourth-order valence-corrected chi connectivity index (χ4v) is 3.33. The first kappa shape index (κ1) is 18.4. The number of benzene rings is 2. The zero-order valence-corrected chi connectivity index (χ0v) is 15.8. The molecule has 0 aliphatic heterocycles. The largest absolute Gasteiger partial charge is 0.497 e. The van der Waals surface area contributed by atoms with Crippen LogP contribution in [-0.2, 0) is 4.79 Å². The first-order chi connectivity index (χ1) is 13.1. The molecular formula is C20H18N4O2S. The first-order valence-corrected chi connectivity index (χ1v) is 9.06. The van der Waals surface area contributed by atoms with Crippen LogP contribution in [0.25, 0.3) is 11.3 Å². The maximum Gasteiger partial charge on any atom is 0.245 e. The van der Waals surface area contributed by atoms with Crippen LogP contribution >= 0.6 is 11.3 Å². The summed E-state index contributed by atoms with van der Waals surface area (Å²) >= 11 is 1.44. The van der Waals surface area contributed by atoms with E-state index < -0.39 is 0 Å². The molecule has 0 bridgehead atoms. The van der Waals surface area contributed by atoms with E-state index in [1.807, 2.05) is 31.2 Å². The third kappa shape index (κ3) is 4.63. The summed E-state index contributed by atoms with van der Waals surface area (Å²) in [5, 5.41) is 15.2. The predicted octanol–water partition coefficient (Wildman–Crippen LogP) is 4.05. The number of nitrogens with zero attached hydrogens (tertiary/aromatic N) is 2. The van der Waals surface area contributed by atoms with Gasteiger partial charge in [0, 0.05) is 16.1 Å². The number of amides is 1. The lowest BCUT2D eigenvalue weighted by Crippen LogP contribution is -2.21. The van der Waals surface area contributed by atoms with E-state index in [1.54, 1.807) is 31.4 Å². The molecule has 0 radical (unpaired) electrons. The zero-order valence-electron chi connectivity index (χ0n) is 14.9. The lowest BCUT2D eigenvalue weighted by Gasteiger charge is -2.06. The molecule has 0 saturated carbocycles. The average Bonchev–Trinajstić information content (AvgIpc) is 3.06. The van der Waals surface area contributed by atoms with Crippen LogP contribution in [0.2, 0.25) is 0 Å². The molecule has 1 heterocycles. The van der Waals surface area contributed by atoms with E-state index in [9.17, 15) is 4.79 Å². The van der Waals surface area contributed by atoms with E-state index >= 15 is 0 Å². The summed E-state index contributed by atoms with van der Waals surface area (Å²) in [6.07, 6.45) is 0. The van der Waals surface area contributed by atoms with E-state index in [0.29, 0.717) is 10.7 Å². The molecule has 0 saturated heterocycles. The molecule has 3 aromatic rings. The lowest BCUT2D eigenvalue weighted by atomic mass is 10.1. The van der Waals surface area contributed by atoms with Crippen LogP contribution in [0.4, 0.5) is 10.8 Å². The number of hydrogen-bond acceptors (Lipinski definition) is 6. The van der Waals surface area contributed by atoms with Crippen LogP contribution < -0.4 is 15.4 Å². The Bertz CT molecular complexity index is 973. The Morgan fingerprint density at radius 1 is 1.19 bits per heavy atom. The number of aromatic nitrogens is 1. The van der Waals surface area contributed by atoms with Crippen molar-refractivity contribution < 1.29 is 9.53 Å². The van der Waals surface area contributed by atoms with Gasteiger partial charge in [-0.3, -0.25) is 4.79 Å². The van der Waals surface area contributed by atoms with Crippen molar-refractivity contribution in [2.75, 3.05) is 24.3 Å². The Labute approximate surface area is 161 Å². The highest BCUT2D eigenvalue weighted by atomic mass is 32.1. The highest BCUT2D eigenvalue weighted by Gasteiger charge is 2.12. The second-order valence-corrected chi connectivity index (χ2v) is 6.95. The van der Waals surface area contributed by atoms with Gasteiger partial charge in [-0.2, -0.15) is 5.26 Å². The number of methoxy groups -OCH3 is 1. The van der Waals surface area contributed by atoms with Gasteiger partial charge in [0.1, 0.15) is 5.75 Å². The molecule has 3 rings (SSSR count). The average molecular weight is 378 g/mol. The highest BCUT2D eigenvalue weighted by molar-refractivity contribution is 7.16. The molecule has 0 atom stereocenters. The van der Waals surface area contributed by atoms with Crippen molar-refractivity contribution in [3.63, 3.8) is 0 Å². The van der Waals surface area contributed by atoms with Gasteiger partial charge in [-0.25, -0.2) is 4.98 Å². The molecule has 27 heavy (non-hydrogen) atoms. The van der Waals surface area contributed by atoms with Crippen LogP contribution in [0.3, 0.4) is 0 Å². The van der Waals surface area contributed by atoms with E-state index in [1.165, 1.54) is 11.3 Å². The minimum Gasteiger partial charge on any atom is -0.497 e. The van der Waals surface area contributed by atoms with Gasteiger partial charge in [0.15, 0.2) is 5.13 Å². The SMILES string of the molecule is COc1ccc(-c2nc(NC(=O)CNc3ccc(C#N)cc3)sc2C)cc1. The number of hydrogen-bond donors (Lipinski definition) is 2. The zero-order chi connectivity index (χ0) is 19.2. The van der Waals surface area contributed by atoms with Gasteiger partial charge >= 0.3 is 0 Å². The smallest absolute Gasteiger partial charge is 0.245 e. The third-order valence-electron chi connectivity index (χ3n) is 3.87. The van der Waals surface area contributed by atoms with Crippen molar-refractivity contribution in [2.45, 2.75) is 6.92 Å². The molecule has 0 aliphatic carbocycles. The predicted molar refractivity (Wildman–Crippen MR) is 107 cm³/mol. The molecule has 136 valence electrons. The maximum absolute atomic E-state index is 12.2. The van der Waals surface area contributed by atoms with Crippen LogP contribution in [0, 0.1) is 18.3 Å². The van der Waals surface area contributed by atoms with Gasteiger partial charge in [-0.05, 0) is 55.5 Å². The van der Waals surface area contributed by atoms with Gasteiger partial charge in [-0.15, -0.1) is 11.3 Å². The number of carbonyl (C=O) groups excluding carboxylic acids is 1. The summed E-state index contributed by atoms with van der Waals surface area (Å²) < 4.78 is 5.17. The Hall–Kier alpha value is -3.37. The minimum atomic E-state index is -0.186. The molecule has 1 amide bonds. The van der Waals surface area contributed by atoms with Crippen molar-refractivity contribution in [1.82, 2.24) is 4.98 Å². The number of anilines is 2. The number of ether oxygens (including phenoxy) is 1. The summed E-state index contributed by atoms with van der Waals surface area (Å²) in [5.41, 5.74) is 3.17. The topological polar surface area (TPSA) is 87.0 Å². The molecule has 0 unspecified atom stereocenters. The second-order valence-electron chi connectivity index (χ2n) is 5.74. The van der Waals surface area contributed by atoms with Crippen molar-refractivity contribution in [3.8, 4) is 23.1 Å². The number of rotatable bonds is 6. The summed E-state index contributed by atoms with van der Waals surface area (Å²) in [6.45, 7) is 2.09. The third-order valence-corrected chi connectivity index (χ3v) is 4.76. The highest BCUT2D eigenvalue weighted by Crippen LogP contribution is 2.31. The molecule has 0 aliphatic rings. The summed E-state index contributed by atoms with van der Waals surface area (Å²) in [7, 11) is 1.63. The van der Waals surface area contributed by atoms with Crippen molar-refractivity contribution in [3.05, 3.63) is 59.0 Å². The van der Waals surface area contributed by atoms with Crippen LogP contribution in [0.15, 0.2) is 48.5 Å². The first-order valence-electron chi connectivity index (χ1n) is 8.25. The molecule has 6 nitrogen and oxygen atoms in total. The number of nitriles is 1. The Kier molecular flexibility index (Phi) is 5.69. The summed E-state index contributed by atoms with van der Waals surface area (Å²) in [4.78, 5) is 17.7. The Morgan fingerprint density at radius 3 is 2.52 bits per heavy atom. The van der Waals surface area contributed by atoms with E-state index in [4.69, 9.17) is 10.00 Å². The molecule has 0 spiro atoms. The molecule has 1 aromatic heterocycles. The van der Waals surface area contributed by atoms with Crippen molar-refractivity contribution in [2.24, 2.45) is 0 Å². The van der Waals surface area contributed by atoms with Gasteiger partial charge in [-0.1, -0.05) is 0 Å². The number of aryl methyl sites for hydroxylation is 1. The lowest BCUT2D eigenvalue weighted by molar-refractivity contribution is -0.114. The monoisotopic (exact) mass is 378 g/mol. The fraction of sp³-hybridized carbons (Fsp3) is 0.150. The van der Waals surface area contributed by atoms with Crippen LogP contribution in [0.1, 0.15) is 10.4 Å². The molecule has 2 N–H and O–H groups in total. The Balaban J connectivity index is 1.61. The molecule has 7 heteroatoms. The van der Waals surface area contributed by atoms with E-state index in [2.05, 4.69) is 21.7 Å². The van der Waals surface area contributed by atoms with Crippen molar-refractivity contribution >= 4 is 28.1 Å².